The average Bonchev–Trinajstić information content (AvgIpc) is 3.32. The summed E-state index contributed by atoms with van der Waals surface area (Å²) < 4.78 is 21.7. The summed E-state index contributed by atoms with van der Waals surface area (Å²) in [6.07, 6.45) is 2.18. The summed E-state index contributed by atoms with van der Waals surface area (Å²) >= 11 is 0.913. The molecule has 0 bridgehead atoms. The lowest BCUT2D eigenvalue weighted by Gasteiger charge is -2.09. The van der Waals surface area contributed by atoms with E-state index in [4.69, 9.17) is 4.42 Å². The number of rotatable bonds is 7. The molecule has 0 atom stereocenters. The molecule has 0 unspecified atom stereocenters. The van der Waals surface area contributed by atoms with Gasteiger partial charge in [0, 0.05) is 34.1 Å². The Hall–Kier alpha value is -3.39. The van der Waals surface area contributed by atoms with Gasteiger partial charge in [-0.05, 0) is 36.9 Å². The van der Waals surface area contributed by atoms with Crippen molar-refractivity contribution in [2.45, 2.75) is 32.0 Å². The molecule has 31 heavy (non-hydrogen) atoms. The number of aliphatic carboxylic acids is 1. The maximum absolute atomic E-state index is 14.3. The largest absolute Gasteiger partial charge is 0.477 e. The summed E-state index contributed by atoms with van der Waals surface area (Å²) in [5, 5.41) is 18.6. The molecule has 0 aliphatic rings. The minimum Gasteiger partial charge on any atom is -0.477 e. The summed E-state index contributed by atoms with van der Waals surface area (Å²) in [6.45, 7) is 4.12. The number of carboxylic acids is 1. The Balaban J connectivity index is 1.80. The van der Waals surface area contributed by atoms with Crippen LogP contribution in [0, 0.1) is 12.7 Å². The van der Waals surface area contributed by atoms with Crippen molar-refractivity contribution in [2.75, 3.05) is 0 Å². The number of thioether (sulfide) groups is 1. The van der Waals surface area contributed by atoms with Gasteiger partial charge in [-0.2, -0.15) is 0 Å². The van der Waals surface area contributed by atoms with Crippen LogP contribution >= 0.6 is 11.8 Å². The first-order chi connectivity index (χ1) is 15.0. The van der Waals surface area contributed by atoms with E-state index in [0.29, 0.717) is 24.4 Å². The van der Waals surface area contributed by atoms with E-state index < -0.39 is 5.97 Å². The number of aryl methyl sites for hydroxylation is 1. The lowest BCUT2D eigenvalue weighted by molar-refractivity contribution is -0.131. The third-order valence-corrected chi connectivity index (χ3v) is 5.85. The van der Waals surface area contributed by atoms with Crippen molar-refractivity contribution >= 4 is 34.7 Å². The summed E-state index contributed by atoms with van der Waals surface area (Å²) in [6, 6.07) is 14.3. The molecule has 158 valence electrons. The van der Waals surface area contributed by atoms with Crippen molar-refractivity contribution in [1.82, 2.24) is 14.8 Å². The molecule has 0 saturated heterocycles. The van der Waals surface area contributed by atoms with Crippen LogP contribution in [0.3, 0.4) is 0 Å². The lowest BCUT2D eigenvalue weighted by Crippen LogP contribution is -2.04. The molecule has 2 heterocycles. The van der Waals surface area contributed by atoms with E-state index >= 15 is 0 Å². The van der Waals surface area contributed by atoms with Gasteiger partial charge in [0.15, 0.2) is 0 Å². The number of hydrogen-bond donors (Lipinski definition) is 1. The standard InChI is InChI=1S/C23H20FN3O3S/c1-3-21-25-26-23(30-21)31-20(22(28)29)12-17-14(2)27(19-11-7-5-9-16(17)19)13-15-8-4-6-10-18(15)24/h4-12H,3,13H2,1-2H3,(H,28,29)/b20-12-. The molecule has 4 aromatic rings. The van der Waals surface area contributed by atoms with E-state index in [9.17, 15) is 14.3 Å². The number of carbonyl (C=O) groups is 1. The summed E-state index contributed by atoms with van der Waals surface area (Å²) in [4.78, 5) is 12.0. The quantitative estimate of drug-likeness (QED) is 0.312. The fourth-order valence-electron chi connectivity index (χ4n) is 3.42. The lowest BCUT2D eigenvalue weighted by atomic mass is 10.1. The molecule has 0 amide bonds. The van der Waals surface area contributed by atoms with Gasteiger partial charge < -0.3 is 14.1 Å². The first-order valence-corrected chi connectivity index (χ1v) is 10.6. The molecule has 2 aromatic heterocycles. The first kappa shape index (κ1) is 20.9. The minimum absolute atomic E-state index is 0.0585. The molecule has 1 N–H and O–H groups in total. The van der Waals surface area contributed by atoms with Crippen LogP contribution in [0.1, 0.15) is 29.6 Å². The minimum atomic E-state index is -1.09. The van der Waals surface area contributed by atoms with E-state index in [0.717, 1.165) is 33.9 Å². The highest BCUT2D eigenvalue weighted by atomic mass is 32.2. The van der Waals surface area contributed by atoms with Crippen molar-refractivity contribution in [3.63, 3.8) is 0 Å². The summed E-state index contributed by atoms with van der Waals surface area (Å²) in [5.74, 6) is -0.918. The molecule has 8 heteroatoms. The van der Waals surface area contributed by atoms with Gasteiger partial charge in [0.25, 0.3) is 5.22 Å². The predicted octanol–water partition coefficient (Wildman–Crippen LogP) is 5.30. The fourth-order valence-corrected chi connectivity index (χ4v) is 4.09. The van der Waals surface area contributed by atoms with Crippen LogP contribution in [0.15, 0.2) is 63.1 Å². The third kappa shape index (κ3) is 4.25. The number of fused-ring (bicyclic) bond motifs is 1. The predicted molar refractivity (Wildman–Crippen MR) is 117 cm³/mol. The zero-order valence-corrected chi connectivity index (χ0v) is 17.8. The van der Waals surface area contributed by atoms with Crippen molar-refractivity contribution in [1.29, 1.82) is 0 Å². The third-order valence-electron chi connectivity index (χ3n) is 5.00. The molecule has 0 aliphatic heterocycles. The normalized spacial score (nSPS) is 11.9. The summed E-state index contributed by atoms with van der Waals surface area (Å²) in [7, 11) is 0. The van der Waals surface area contributed by atoms with Gasteiger partial charge in [0.2, 0.25) is 5.89 Å². The van der Waals surface area contributed by atoms with Crippen LogP contribution < -0.4 is 0 Å². The van der Waals surface area contributed by atoms with Crippen molar-refractivity contribution in [3.05, 3.63) is 82.0 Å². The highest BCUT2D eigenvalue weighted by molar-refractivity contribution is 8.03. The molecular weight excluding hydrogens is 417 g/mol. The van der Waals surface area contributed by atoms with E-state index in [1.807, 2.05) is 42.7 Å². The van der Waals surface area contributed by atoms with Crippen LogP contribution in [0.4, 0.5) is 4.39 Å². The first-order valence-electron chi connectivity index (χ1n) is 9.74. The Morgan fingerprint density at radius 2 is 1.94 bits per heavy atom. The average molecular weight is 437 g/mol. The van der Waals surface area contributed by atoms with Gasteiger partial charge in [-0.3, -0.25) is 0 Å². The molecular formula is C23H20FN3O3S. The number of para-hydroxylation sites is 1. The van der Waals surface area contributed by atoms with Crippen LogP contribution in [-0.2, 0) is 17.8 Å². The van der Waals surface area contributed by atoms with Crippen molar-refractivity contribution in [2.24, 2.45) is 0 Å². The Bertz CT molecular complexity index is 1290. The van der Waals surface area contributed by atoms with Gasteiger partial charge in [0.05, 0.1) is 6.54 Å². The van der Waals surface area contributed by atoms with Gasteiger partial charge in [-0.15, -0.1) is 10.2 Å². The maximum atomic E-state index is 14.3. The molecule has 0 spiro atoms. The highest BCUT2D eigenvalue weighted by Crippen LogP contribution is 2.33. The van der Waals surface area contributed by atoms with Gasteiger partial charge in [-0.1, -0.05) is 43.3 Å². The molecule has 0 radical (unpaired) electrons. The Labute approximate surface area is 182 Å². The number of carboxylic acid groups (broad SMARTS) is 1. The van der Waals surface area contributed by atoms with Crippen LogP contribution in [0.2, 0.25) is 0 Å². The topological polar surface area (TPSA) is 81.2 Å². The molecule has 6 nitrogen and oxygen atoms in total. The molecule has 4 rings (SSSR count). The highest BCUT2D eigenvalue weighted by Gasteiger charge is 2.19. The van der Waals surface area contributed by atoms with E-state index in [2.05, 4.69) is 10.2 Å². The van der Waals surface area contributed by atoms with E-state index in [1.54, 1.807) is 24.3 Å². The van der Waals surface area contributed by atoms with Crippen molar-refractivity contribution in [3.8, 4) is 0 Å². The SMILES string of the molecule is CCc1nnc(S/C(=C\c2c(C)n(Cc3ccccc3F)c3ccccc23)C(=O)O)o1. The fraction of sp³-hybridized carbons (Fsp3) is 0.174. The smallest absolute Gasteiger partial charge is 0.342 e. The Morgan fingerprint density at radius 1 is 1.19 bits per heavy atom. The van der Waals surface area contributed by atoms with Crippen molar-refractivity contribution < 1.29 is 18.7 Å². The number of benzene rings is 2. The van der Waals surface area contributed by atoms with Crippen LogP contribution in [0.25, 0.3) is 17.0 Å². The van der Waals surface area contributed by atoms with Crippen LogP contribution in [-0.4, -0.2) is 25.8 Å². The molecule has 2 aromatic carbocycles. The monoisotopic (exact) mass is 437 g/mol. The summed E-state index contributed by atoms with van der Waals surface area (Å²) in [5.41, 5.74) is 3.05. The molecule has 0 saturated carbocycles. The maximum Gasteiger partial charge on any atom is 0.342 e. The number of hydrogen-bond acceptors (Lipinski definition) is 5. The Morgan fingerprint density at radius 3 is 2.65 bits per heavy atom. The number of halogens is 1. The second-order valence-corrected chi connectivity index (χ2v) is 7.92. The number of aromatic nitrogens is 3. The molecule has 0 aliphatic carbocycles. The Kier molecular flexibility index (Phi) is 5.90. The van der Waals surface area contributed by atoms with Gasteiger partial charge >= 0.3 is 5.97 Å². The zero-order valence-electron chi connectivity index (χ0n) is 17.0. The van der Waals surface area contributed by atoms with Crippen LogP contribution in [0.5, 0.6) is 0 Å². The van der Waals surface area contributed by atoms with Gasteiger partial charge in [0.1, 0.15) is 10.7 Å². The van der Waals surface area contributed by atoms with E-state index in [1.165, 1.54) is 6.07 Å². The number of nitrogens with zero attached hydrogens (tertiary/aromatic N) is 3. The zero-order chi connectivity index (χ0) is 22.0. The van der Waals surface area contributed by atoms with E-state index in [-0.39, 0.29) is 15.9 Å². The molecule has 0 fully saturated rings. The second kappa shape index (κ2) is 8.77. The van der Waals surface area contributed by atoms with Gasteiger partial charge in [-0.25, -0.2) is 9.18 Å². The second-order valence-electron chi connectivity index (χ2n) is 6.92.